The van der Waals surface area contributed by atoms with Crippen LogP contribution < -0.4 is 5.32 Å². The van der Waals surface area contributed by atoms with Crippen LogP contribution in [-0.2, 0) is 0 Å². The van der Waals surface area contributed by atoms with Gasteiger partial charge in [0.25, 0.3) is 0 Å². The third kappa shape index (κ3) is 3.41. The summed E-state index contributed by atoms with van der Waals surface area (Å²) in [5.74, 6) is 0.666. The SMILES string of the molecule is CCN(CC)C(CNc1ccnc2cc(F)ccc12)c1ccco1. The number of hydrogen-bond acceptors (Lipinski definition) is 4. The summed E-state index contributed by atoms with van der Waals surface area (Å²) >= 11 is 0. The molecule has 0 aliphatic heterocycles. The van der Waals surface area contributed by atoms with Crippen LogP contribution in [0.4, 0.5) is 10.1 Å². The lowest BCUT2D eigenvalue weighted by Gasteiger charge is -2.28. The summed E-state index contributed by atoms with van der Waals surface area (Å²) in [4.78, 5) is 6.58. The van der Waals surface area contributed by atoms with Crippen LogP contribution in [0, 0.1) is 5.82 Å². The molecule has 0 aliphatic carbocycles. The lowest BCUT2D eigenvalue weighted by molar-refractivity contribution is 0.202. The Morgan fingerprint density at radius 1 is 1.21 bits per heavy atom. The number of pyridine rings is 1. The second-order valence-electron chi connectivity index (χ2n) is 5.65. The minimum atomic E-state index is -0.274. The van der Waals surface area contributed by atoms with Crippen molar-refractivity contribution >= 4 is 16.6 Å². The molecule has 0 saturated heterocycles. The standard InChI is InChI=1S/C19H22FN3O/c1-3-23(4-2)18(19-6-5-11-24-19)13-22-16-9-10-21-17-12-14(20)7-8-15(16)17/h5-12,18H,3-4,13H2,1-2H3,(H,21,22). The molecule has 2 heterocycles. The number of nitrogens with one attached hydrogen (secondary N) is 1. The van der Waals surface area contributed by atoms with Crippen molar-refractivity contribution in [2.75, 3.05) is 25.0 Å². The quantitative estimate of drug-likeness (QED) is 0.695. The Balaban J connectivity index is 1.85. The van der Waals surface area contributed by atoms with E-state index in [0.29, 0.717) is 12.1 Å². The largest absolute Gasteiger partial charge is 0.468 e. The van der Waals surface area contributed by atoms with Crippen molar-refractivity contribution in [3.05, 3.63) is 60.4 Å². The van der Waals surface area contributed by atoms with Gasteiger partial charge in [-0.3, -0.25) is 9.88 Å². The minimum Gasteiger partial charge on any atom is -0.468 e. The average Bonchev–Trinajstić information content (AvgIpc) is 3.12. The molecule has 1 N–H and O–H groups in total. The van der Waals surface area contributed by atoms with E-state index < -0.39 is 0 Å². The fourth-order valence-corrected chi connectivity index (χ4v) is 3.04. The van der Waals surface area contributed by atoms with Gasteiger partial charge < -0.3 is 9.73 Å². The molecule has 0 aliphatic rings. The normalized spacial score (nSPS) is 12.7. The van der Waals surface area contributed by atoms with E-state index in [1.165, 1.54) is 12.1 Å². The number of nitrogens with zero attached hydrogens (tertiary/aromatic N) is 2. The van der Waals surface area contributed by atoms with Crippen molar-refractivity contribution in [2.45, 2.75) is 19.9 Å². The molecule has 0 amide bonds. The van der Waals surface area contributed by atoms with E-state index in [-0.39, 0.29) is 11.9 Å². The summed E-state index contributed by atoms with van der Waals surface area (Å²) in [7, 11) is 0. The van der Waals surface area contributed by atoms with Crippen molar-refractivity contribution < 1.29 is 8.81 Å². The molecule has 1 atom stereocenters. The molecule has 1 aromatic carbocycles. The van der Waals surface area contributed by atoms with Gasteiger partial charge in [0.1, 0.15) is 11.6 Å². The number of fused-ring (bicyclic) bond motifs is 1. The Bertz CT molecular complexity index is 784. The molecule has 5 heteroatoms. The summed E-state index contributed by atoms with van der Waals surface area (Å²) in [5, 5.41) is 4.39. The summed E-state index contributed by atoms with van der Waals surface area (Å²) in [5.41, 5.74) is 1.60. The molecule has 3 rings (SSSR count). The highest BCUT2D eigenvalue weighted by molar-refractivity contribution is 5.90. The molecular weight excluding hydrogens is 305 g/mol. The molecule has 1 unspecified atom stereocenters. The van der Waals surface area contributed by atoms with Crippen molar-refractivity contribution in [3.8, 4) is 0 Å². The Hall–Kier alpha value is -2.40. The van der Waals surface area contributed by atoms with E-state index in [1.807, 2.05) is 18.2 Å². The van der Waals surface area contributed by atoms with Crippen LogP contribution in [0.3, 0.4) is 0 Å². The highest BCUT2D eigenvalue weighted by atomic mass is 19.1. The smallest absolute Gasteiger partial charge is 0.125 e. The number of anilines is 1. The Morgan fingerprint density at radius 2 is 2.04 bits per heavy atom. The predicted octanol–water partition coefficient (Wildman–Crippen LogP) is 4.46. The first-order valence-corrected chi connectivity index (χ1v) is 8.28. The zero-order chi connectivity index (χ0) is 16.9. The number of rotatable bonds is 7. The molecule has 0 bridgehead atoms. The molecule has 0 spiro atoms. The number of benzene rings is 1. The topological polar surface area (TPSA) is 41.3 Å². The maximum Gasteiger partial charge on any atom is 0.125 e. The molecule has 126 valence electrons. The first-order chi connectivity index (χ1) is 11.7. The fourth-order valence-electron chi connectivity index (χ4n) is 3.04. The monoisotopic (exact) mass is 327 g/mol. The number of aromatic nitrogens is 1. The van der Waals surface area contributed by atoms with Crippen LogP contribution >= 0.6 is 0 Å². The zero-order valence-electron chi connectivity index (χ0n) is 14.0. The fraction of sp³-hybridized carbons (Fsp3) is 0.316. The second-order valence-corrected chi connectivity index (χ2v) is 5.65. The highest BCUT2D eigenvalue weighted by Crippen LogP contribution is 2.25. The lowest BCUT2D eigenvalue weighted by atomic mass is 10.1. The molecular formula is C19H22FN3O. The maximum absolute atomic E-state index is 13.4. The van der Waals surface area contributed by atoms with E-state index >= 15 is 0 Å². The summed E-state index contributed by atoms with van der Waals surface area (Å²) in [6, 6.07) is 10.7. The van der Waals surface area contributed by atoms with Crippen LogP contribution in [0.15, 0.2) is 53.3 Å². The molecule has 2 aromatic heterocycles. The third-order valence-electron chi connectivity index (χ3n) is 4.32. The van der Waals surface area contributed by atoms with E-state index in [4.69, 9.17) is 4.42 Å². The van der Waals surface area contributed by atoms with E-state index in [0.717, 1.165) is 29.9 Å². The zero-order valence-corrected chi connectivity index (χ0v) is 14.0. The predicted molar refractivity (Wildman–Crippen MR) is 94.6 cm³/mol. The molecule has 4 nitrogen and oxygen atoms in total. The van der Waals surface area contributed by atoms with E-state index in [1.54, 1.807) is 18.5 Å². The van der Waals surface area contributed by atoms with Gasteiger partial charge in [-0.2, -0.15) is 0 Å². The van der Waals surface area contributed by atoms with Gasteiger partial charge in [0.2, 0.25) is 0 Å². The van der Waals surface area contributed by atoms with Crippen molar-refractivity contribution in [3.63, 3.8) is 0 Å². The van der Waals surface area contributed by atoms with Crippen LogP contribution in [0.2, 0.25) is 0 Å². The lowest BCUT2D eigenvalue weighted by Crippen LogP contribution is -2.33. The summed E-state index contributed by atoms with van der Waals surface area (Å²) < 4.78 is 19.0. The Labute approximate surface area is 141 Å². The van der Waals surface area contributed by atoms with Gasteiger partial charge in [-0.05, 0) is 43.4 Å². The van der Waals surface area contributed by atoms with Gasteiger partial charge in [0.15, 0.2) is 0 Å². The summed E-state index contributed by atoms with van der Waals surface area (Å²) in [6.45, 7) is 6.86. The second kappa shape index (κ2) is 7.45. The van der Waals surface area contributed by atoms with Crippen molar-refractivity contribution in [1.29, 1.82) is 0 Å². The van der Waals surface area contributed by atoms with Crippen LogP contribution in [0.5, 0.6) is 0 Å². The average molecular weight is 327 g/mol. The van der Waals surface area contributed by atoms with Gasteiger partial charge >= 0.3 is 0 Å². The highest BCUT2D eigenvalue weighted by Gasteiger charge is 2.20. The Morgan fingerprint density at radius 3 is 2.75 bits per heavy atom. The molecule has 0 radical (unpaired) electrons. The summed E-state index contributed by atoms with van der Waals surface area (Å²) in [6.07, 6.45) is 3.40. The Kier molecular flexibility index (Phi) is 5.11. The first kappa shape index (κ1) is 16.5. The number of likely N-dealkylation sites (N-methyl/N-ethyl adjacent to an activating group) is 1. The first-order valence-electron chi connectivity index (χ1n) is 8.28. The number of hydrogen-bond donors (Lipinski definition) is 1. The van der Waals surface area contributed by atoms with Gasteiger partial charge in [0, 0.05) is 29.9 Å². The van der Waals surface area contributed by atoms with Gasteiger partial charge in [-0.15, -0.1) is 0 Å². The van der Waals surface area contributed by atoms with Crippen LogP contribution in [0.25, 0.3) is 10.9 Å². The number of furan rings is 1. The van der Waals surface area contributed by atoms with Crippen LogP contribution in [-0.4, -0.2) is 29.5 Å². The van der Waals surface area contributed by atoms with Crippen LogP contribution in [0.1, 0.15) is 25.6 Å². The molecule has 24 heavy (non-hydrogen) atoms. The number of halogens is 1. The van der Waals surface area contributed by atoms with Gasteiger partial charge in [0.05, 0.1) is 17.8 Å². The van der Waals surface area contributed by atoms with Gasteiger partial charge in [-0.1, -0.05) is 13.8 Å². The van der Waals surface area contributed by atoms with E-state index in [2.05, 4.69) is 29.0 Å². The minimum absolute atomic E-state index is 0.138. The molecule has 0 saturated carbocycles. The van der Waals surface area contributed by atoms with Crippen molar-refractivity contribution in [2.24, 2.45) is 0 Å². The van der Waals surface area contributed by atoms with Crippen molar-refractivity contribution in [1.82, 2.24) is 9.88 Å². The van der Waals surface area contributed by atoms with E-state index in [9.17, 15) is 4.39 Å². The molecule has 0 fully saturated rings. The maximum atomic E-state index is 13.4. The third-order valence-corrected chi connectivity index (χ3v) is 4.32. The molecule has 3 aromatic rings. The van der Waals surface area contributed by atoms with Gasteiger partial charge in [-0.25, -0.2) is 4.39 Å².